The van der Waals surface area contributed by atoms with E-state index in [-0.39, 0.29) is 11.9 Å². The fourth-order valence-electron chi connectivity index (χ4n) is 3.48. The van der Waals surface area contributed by atoms with Crippen LogP contribution < -0.4 is 0 Å². The normalized spacial score (nSPS) is 18.1. The minimum absolute atomic E-state index is 0.0845. The van der Waals surface area contributed by atoms with Gasteiger partial charge in [0.2, 0.25) is 0 Å². The summed E-state index contributed by atoms with van der Waals surface area (Å²) in [5.74, 6) is 0.0845. The third-order valence-corrected chi connectivity index (χ3v) is 5.15. The predicted octanol–water partition coefficient (Wildman–Crippen LogP) is 3.31. The molecule has 4 rings (SSSR count). The predicted molar refractivity (Wildman–Crippen MR) is 105 cm³/mol. The molecule has 6 nitrogen and oxygen atoms in total. The van der Waals surface area contributed by atoms with Gasteiger partial charge in [-0.15, -0.1) is 5.10 Å². The van der Waals surface area contributed by atoms with E-state index in [1.54, 1.807) is 18.3 Å². The Bertz CT molecular complexity index is 966. The smallest absolute Gasteiger partial charge is 0.126 e. The van der Waals surface area contributed by atoms with Crippen LogP contribution in [0.15, 0.2) is 36.7 Å². The van der Waals surface area contributed by atoms with Gasteiger partial charge in [0.1, 0.15) is 11.4 Å². The first-order valence-electron chi connectivity index (χ1n) is 9.00. The quantitative estimate of drug-likeness (QED) is 0.744. The van der Waals surface area contributed by atoms with Gasteiger partial charge in [-0.1, -0.05) is 11.6 Å². The summed E-state index contributed by atoms with van der Waals surface area (Å²) in [4.78, 5) is 6.54. The van der Waals surface area contributed by atoms with Crippen molar-refractivity contribution in [3.63, 3.8) is 0 Å². The van der Waals surface area contributed by atoms with Gasteiger partial charge in [-0.2, -0.15) is 5.10 Å². The van der Waals surface area contributed by atoms with E-state index in [1.165, 1.54) is 6.07 Å². The van der Waals surface area contributed by atoms with Gasteiger partial charge in [0, 0.05) is 46.8 Å². The van der Waals surface area contributed by atoms with Crippen LogP contribution in [0.2, 0.25) is 5.02 Å². The van der Waals surface area contributed by atoms with Gasteiger partial charge in [0.05, 0.1) is 18.4 Å². The fraction of sp³-hybridized carbons (Fsp3) is 0.350. The summed E-state index contributed by atoms with van der Waals surface area (Å²) in [6.45, 7) is 2.67. The number of aryl methyl sites for hydroxylation is 1. The Balaban J connectivity index is 1.66. The number of fused-ring (bicyclic) bond motifs is 1. The molecule has 1 fully saturated rings. The van der Waals surface area contributed by atoms with Crippen molar-refractivity contribution in [1.82, 2.24) is 20.1 Å². The molecule has 1 saturated heterocycles. The van der Waals surface area contributed by atoms with E-state index in [9.17, 15) is 5.11 Å². The molecule has 1 atom stereocenters. The minimum atomic E-state index is 0.0845. The van der Waals surface area contributed by atoms with Gasteiger partial charge in [-0.3, -0.25) is 4.98 Å². The van der Waals surface area contributed by atoms with E-state index in [2.05, 4.69) is 27.1 Å². The molecule has 3 heterocycles. The molecular formula is C20H21ClN4O2. The van der Waals surface area contributed by atoms with Crippen molar-refractivity contribution < 1.29 is 9.84 Å². The molecule has 1 N–H and O–H groups in total. The number of hydrogen-bond acceptors (Lipinski definition) is 6. The number of likely N-dealkylation sites (N-methyl/N-ethyl adjacent to an activating group) is 1. The number of pyridine rings is 1. The Kier molecular flexibility index (Phi) is 5.20. The molecule has 1 aliphatic rings. The summed E-state index contributed by atoms with van der Waals surface area (Å²) >= 11 is 5.95. The van der Waals surface area contributed by atoms with Crippen molar-refractivity contribution in [2.24, 2.45) is 0 Å². The van der Waals surface area contributed by atoms with Crippen LogP contribution in [0.4, 0.5) is 0 Å². The van der Waals surface area contributed by atoms with Gasteiger partial charge in [-0.25, -0.2) is 0 Å². The molecule has 140 valence electrons. The first-order chi connectivity index (χ1) is 13.1. The molecule has 3 aromatic rings. The molecule has 0 spiro atoms. The van der Waals surface area contributed by atoms with Crippen molar-refractivity contribution in [3.8, 4) is 17.0 Å². The molecule has 0 radical (unpaired) electrons. The highest BCUT2D eigenvalue weighted by atomic mass is 35.5. The second-order valence-electron chi connectivity index (χ2n) is 6.87. The van der Waals surface area contributed by atoms with E-state index in [0.29, 0.717) is 16.3 Å². The van der Waals surface area contributed by atoms with Crippen LogP contribution in [-0.4, -0.2) is 58.0 Å². The zero-order valence-corrected chi connectivity index (χ0v) is 15.9. The minimum Gasteiger partial charge on any atom is -0.507 e. The number of phenols is 1. The van der Waals surface area contributed by atoms with E-state index in [4.69, 9.17) is 16.3 Å². The first-order valence-corrected chi connectivity index (χ1v) is 9.38. The number of phenolic OH excluding ortho intramolecular Hbond substituents is 1. The zero-order valence-electron chi connectivity index (χ0n) is 15.1. The van der Waals surface area contributed by atoms with E-state index >= 15 is 0 Å². The maximum Gasteiger partial charge on any atom is 0.126 e. The third kappa shape index (κ3) is 3.88. The summed E-state index contributed by atoms with van der Waals surface area (Å²) < 4.78 is 5.85. The fourth-order valence-corrected chi connectivity index (χ4v) is 3.64. The molecule has 2 aromatic heterocycles. The van der Waals surface area contributed by atoms with Crippen LogP contribution in [0.5, 0.6) is 5.75 Å². The lowest BCUT2D eigenvalue weighted by molar-refractivity contribution is -0.0230. The molecule has 0 aliphatic carbocycles. The summed E-state index contributed by atoms with van der Waals surface area (Å²) in [7, 11) is 2.11. The molecule has 7 heteroatoms. The van der Waals surface area contributed by atoms with Crippen molar-refractivity contribution >= 4 is 22.4 Å². The van der Waals surface area contributed by atoms with Crippen molar-refractivity contribution in [2.45, 2.75) is 18.9 Å². The van der Waals surface area contributed by atoms with Gasteiger partial charge in [0.25, 0.3) is 0 Å². The Labute approximate surface area is 162 Å². The standard InChI is InChI=1S/C20H21ClN4O2/c1-25-8-9-27-14(12-25)3-5-18-17-11-22-7-6-15(17)20(24-23-18)16-4-2-13(21)10-19(16)26/h2,4,6-7,10-11,14,26H,3,5,8-9,12H2,1H3. The lowest BCUT2D eigenvalue weighted by Gasteiger charge is -2.30. The highest BCUT2D eigenvalue weighted by Gasteiger charge is 2.19. The maximum atomic E-state index is 10.3. The van der Waals surface area contributed by atoms with Gasteiger partial charge >= 0.3 is 0 Å². The van der Waals surface area contributed by atoms with Gasteiger partial charge < -0.3 is 14.7 Å². The lowest BCUT2D eigenvalue weighted by atomic mass is 10.0. The molecule has 0 saturated carbocycles. The van der Waals surface area contributed by atoms with Crippen molar-refractivity contribution in [3.05, 3.63) is 47.4 Å². The molecule has 1 aromatic carbocycles. The van der Waals surface area contributed by atoms with Crippen LogP contribution in [0.3, 0.4) is 0 Å². The average Bonchev–Trinajstić information content (AvgIpc) is 2.67. The van der Waals surface area contributed by atoms with Crippen LogP contribution in [-0.2, 0) is 11.2 Å². The molecule has 1 aliphatic heterocycles. The van der Waals surface area contributed by atoms with E-state index in [0.717, 1.165) is 49.0 Å². The number of halogens is 1. The Hall–Kier alpha value is -2.28. The molecular weight excluding hydrogens is 364 g/mol. The third-order valence-electron chi connectivity index (χ3n) is 4.92. The van der Waals surface area contributed by atoms with Crippen molar-refractivity contribution in [1.29, 1.82) is 0 Å². The number of morpholine rings is 1. The van der Waals surface area contributed by atoms with Crippen LogP contribution in [0.1, 0.15) is 12.1 Å². The first kappa shape index (κ1) is 18.1. The maximum absolute atomic E-state index is 10.3. The van der Waals surface area contributed by atoms with Crippen LogP contribution in [0.25, 0.3) is 22.0 Å². The zero-order chi connectivity index (χ0) is 18.8. The average molecular weight is 385 g/mol. The topological polar surface area (TPSA) is 71.4 Å². The largest absolute Gasteiger partial charge is 0.507 e. The molecule has 0 bridgehead atoms. The highest BCUT2D eigenvalue weighted by Crippen LogP contribution is 2.34. The second-order valence-corrected chi connectivity index (χ2v) is 7.31. The Morgan fingerprint density at radius 1 is 1.26 bits per heavy atom. The molecule has 27 heavy (non-hydrogen) atoms. The number of nitrogens with zero attached hydrogens (tertiary/aromatic N) is 4. The lowest BCUT2D eigenvalue weighted by Crippen LogP contribution is -2.40. The Morgan fingerprint density at radius 3 is 2.96 bits per heavy atom. The summed E-state index contributed by atoms with van der Waals surface area (Å²) in [6.07, 6.45) is 5.39. The van der Waals surface area contributed by atoms with Crippen LogP contribution in [0, 0.1) is 0 Å². The number of aromatic nitrogens is 3. The second kappa shape index (κ2) is 7.76. The molecule has 1 unspecified atom stereocenters. The number of rotatable bonds is 4. The van der Waals surface area contributed by atoms with Crippen molar-refractivity contribution in [2.75, 3.05) is 26.7 Å². The van der Waals surface area contributed by atoms with Gasteiger partial charge in [0.15, 0.2) is 0 Å². The monoisotopic (exact) mass is 384 g/mol. The number of aromatic hydroxyl groups is 1. The highest BCUT2D eigenvalue weighted by molar-refractivity contribution is 6.30. The van der Waals surface area contributed by atoms with Crippen LogP contribution >= 0.6 is 11.6 Å². The number of benzene rings is 1. The summed E-state index contributed by atoms with van der Waals surface area (Å²) in [5, 5.41) is 21.5. The SMILES string of the molecule is CN1CCOC(CCc2nnc(-c3ccc(Cl)cc3O)c3ccncc23)C1. The summed E-state index contributed by atoms with van der Waals surface area (Å²) in [6, 6.07) is 6.90. The number of hydrogen-bond donors (Lipinski definition) is 1. The van der Waals surface area contributed by atoms with E-state index < -0.39 is 0 Å². The number of ether oxygens (including phenoxy) is 1. The summed E-state index contributed by atoms with van der Waals surface area (Å²) in [5.41, 5.74) is 2.12. The molecule has 0 amide bonds. The van der Waals surface area contributed by atoms with Gasteiger partial charge in [-0.05, 0) is 44.2 Å². The Morgan fingerprint density at radius 2 is 2.15 bits per heavy atom. The van der Waals surface area contributed by atoms with E-state index in [1.807, 2.05) is 12.3 Å².